The van der Waals surface area contributed by atoms with Crippen molar-refractivity contribution in [2.24, 2.45) is 11.7 Å². The maximum Gasteiger partial charge on any atom is 0.241 e. The van der Waals surface area contributed by atoms with Crippen LogP contribution in [0.1, 0.15) is 25.0 Å². The van der Waals surface area contributed by atoms with Gasteiger partial charge >= 0.3 is 0 Å². The smallest absolute Gasteiger partial charge is 0.241 e. The molecule has 3 N–H and O–H groups in total. The molecule has 0 aliphatic rings. The van der Waals surface area contributed by atoms with E-state index in [0.717, 1.165) is 11.1 Å². The molecule has 1 atom stereocenters. The average molecular weight is 313 g/mol. The summed E-state index contributed by atoms with van der Waals surface area (Å²) in [7, 11) is 0.323. The quantitative estimate of drug-likeness (QED) is 0.796. The molecule has 0 bridgehead atoms. The summed E-state index contributed by atoms with van der Waals surface area (Å²) in [5, 5.41) is 0. The molecule has 0 heterocycles. The van der Waals surface area contributed by atoms with E-state index >= 15 is 0 Å². The number of nitrogens with two attached hydrogens (primary N) is 1. The van der Waals surface area contributed by atoms with E-state index in [0.29, 0.717) is 18.0 Å². The normalized spacial score (nSPS) is 13.9. The molecule has 1 unspecified atom stereocenters. The predicted molar refractivity (Wildman–Crippen MR) is 86.6 cm³/mol. The number of nitrogens with one attached hydrogen (secondary N) is 1. The number of sulfonamides is 1. The van der Waals surface area contributed by atoms with Gasteiger partial charge in [0.2, 0.25) is 10.0 Å². The Morgan fingerprint density at radius 1 is 1.29 bits per heavy atom. The number of hydrogen-bond donors (Lipinski definition) is 2. The van der Waals surface area contributed by atoms with E-state index in [1.165, 1.54) is 0 Å². The van der Waals surface area contributed by atoms with E-state index in [-0.39, 0.29) is 12.0 Å². The summed E-state index contributed by atoms with van der Waals surface area (Å²) in [6.45, 7) is 6.82. The van der Waals surface area contributed by atoms with Crippen molar-refractivity contribution in [1.82, 2.24) is 9.62 Å². The second-order valence-electron chi connectivity index (χ2n) is 5.98. The van der Waals surface area contributed by atoms with Crippen LogP contribution in [0.5, 0.6) is 0 Å². The number of rotatable bonds is 7. The average Bonchev–Trinajstić information content (AvgIpc) is 2.37. The molecule has 0 saturated carbocycles. The third-order valence-corrected chi connectivity index (χ3v) is 5.21. The van der Waals surface area contributed by atoms with E-state index in [2.05, 4.69) is 4.72 Å². The zero-order valence-corrected chi connectivity index (χ0v) is 14.4. The summed E-state index contributed by atoms with van der Waals surface area (Å²) >= 11 is 0. The molecule has 1 rings (SSSR count). The highest BCUT2D eigenvalue weighted by Gasteiger charge is 2.24. The highest BCUT2D eigenvalue weighted by molar-refractivity contribution is 7.89. The molecule has 0 saturated heterocycles. The Balaban J connectivity index is 3.10. The lowest BCUT2D eigenvalue weighted by molar-refractivity contribution is 0.314. The molecule has 5 nitrogen and oxygen atoms in total. The van der Waals surface area contributed by atoms with Gasteiger partial charge in [-0.3, -0.25) is 0 Å². The van der Waals surface area contributed by atoms with Crippen LogP contribution in [-0.2, 0) is 16.6 Å². The zero-order chi connectivity index (χ0) is 16.2. The summed E-state index contributed by atoms with van der Waals surface area (Å²) in [5.41, 5.74) is 7.23. The molecular weight excluding hydrogens is 286 g/mol. The molecule has 1 aromatic carbocycles. The van der Waals surface area contributed by atoms with Gasteiger partial charge < -0.3 is 10.6 Å². The molecule has 0 radical (unpaired) electrons. The van der Waals surface area contributed by atoms with Crippen LogP contribution < -0.4 is 10.5 Å². The summed E-state index contributed by atoms with van der Waals surface area (Å²) in [5.74, 6) is 0.208. The Morgan fingerprint density at radius 3 is 2.38 bits per heavy atom. The Bertz CT molecular complexity index is 568. The Hall–Kier alpha value is -0.950. The zero-order valence-electron chi connectivity index (χ0n) is 13.6. The molecule has 0 spiro atoms. The molecule has 0 aliphatic carbocycles. The van der Waals surface area contributed by atoms with Gasteiger partial charge in [0.25, 0.3) is 0 Å². The van der Waals surface area contributed by atoms with Crippen LogP contribution in [0, 0.1) is 12.8 Å². The van der Waals surface area contributed by atoms with Crippen LogP contribution >= 0.6 is 0 Å². The Morgan fingerprint density at radius 2 is 1.90 bits per heavy atom. The van der Waals surface area contributed by atoms with Gasteiger partial charge in [-0.25, -0.2) is 13.1 Å². The SMILES string of the molecule is Cc1c(CN)cccc1S(=O)(=O)NC(CN(C)C)C(C)C. The van der Waals surface area contributed by atoms with Crippen molar-refractivity contribution in [3.05, 3.63) is 29.3 Å². The third-order valence-electron chi connectivity index (χ3n) is 3.58. The van der Waals surface area contributed by atoms with E-state index in [9.17, 15) is 8.42 Å². The molecule has 6 heteroatoms. The first kappa shape index (κ1) is 18.1. The number of hydrogen-bond acceptors (Lipinski definition) is 4. The van der Waals surface area contributed by atoms with Gasteiger partial charge in [-0.2, -0.15) is 0 Å². The van der Waals surface area contributed by atoms with Crippen molar-refractivity contribution < 1.29 is 8.42 Å². The van der Waals surface area contributed by atoms with E-state index in [1.807, 2.05) is 38.9 Å². The van der Waals surface area contributed by atoms with Gasteiger partial charge in [0.1, 0.15) is 0 Å². The summed E-state index contributed by atoms with van der Waals surface area (Å²) in [6.07, 6.45) is 0. The number of nitrogens with zero attached hydrogens (tertiary/aromatic N) is 1. The first-order valence-electron chi connectivity index (χ1n) is 7.14. The summed E-state index contributed by atoms with van der Waals surface area (Å²) in [4.78, 5) is 2.30. The van der Waals surface area contributed by atoms with Crippen molar-refractivity contribution in [3.63, 3.8) is 0 Å². The van der Waals surface area contributed by atoms with Gasteiger partial charge in [-0.1, -0.05) is 26.0 Å². The second-order valence-corrected chi connectivity index (χ2v) is 7.66. The first-order chi connectivity index (χ1) is 9.69. The van der Waals surface area contributed by atoms with Gasteiger partial charge in [-0.05, 0) is 44.1 Å². The standard InChI is InChI=1S/C15H27N3O2S/c1-11(2)14(10-18(4)5)17-21(19,20)15-8-6-7-13(9-16)12(15)3/h6-8,11,14,17H,9-10,16H2,1-5H3. The molecule has 0 aliphatic heterocycles. The van der Waals surface area contributed by atoms with Crippen LogP contribution in [0.2, 0.25) is 0 Å². The van der Waals surface area contributed by atoms with E-state index < -0.39 is 10.0 Å². The summed E-state index contributed by atoms with van der Waals surface area (Å²) in [6, 6.07) is 5.09. The third kappa shape index (κ3) is 4.78. The predicted octanol–water partition coefficient (Wildman–Crippen LogP) is 1.32. The molecule has 1 aromatic rings. The second kappa shape index (κ2) is 7.35. The van der Waals surface area contributed by atoms with Crippen molar-refractivity contribution >= 4 is 10.0 Å². The minimum Gasteiger partial charge on any atom is -0.326 e. The monoisotopic (exact) mass is 313 g/mol. The van der Waals surface area contributed by atoms with Crippen molar-refractivity contribution in [1.29, 1.82) is 0 Å². The van der Waals surface area contributed by atoms with Gasteiger partial charge in [0.05, 0.1) is 4.90 Å². The lowest BCUT2D eigenvalue weighted by atomic mass is 10.1. The fourth-order valence-electron chi connectivity index (χ4n) is 2.21. The lowest BCUT2D eigenvalue weighted by Gasteiger charge is -2.26. The van der Waals surface area contributed by atoms with Crippen molar-refractivity contribution in [2.45, 2.75) is 38.3 Å². The minimum absolute atomic E-state index is 0.133. The molecule has 21 heavy (non-hydrogen) atoms. The molecule has 0 fully saturated rings. The van der Waals surface area contributed by atoms with Crippen LogP contribution in [0.4, 0.5) is 0 Å². The van der Waals surface area contributed by atoms with Crippen LogP contribution in [-0.4, -0.2) is 40.0 Å². The van der Waals surface area contributed by atoms with Crippen molar-refractivity contribution in [2.75, 3.05) is 20.6 Å². The van der Waals surface area contributed by atoms with Crippen LogP contribution in [0.3, 0.4) is 0 Å². The topological polar surface area (TPSA) is 75.4 Å². The fraction of sp³-hybridized carbons (Fsp3) is 0.600. The van der Waals surface area contributed by atoms with E-state index in [1.54, 1.807) is 19.1 Å². The Labute approximate surface area is 128 Å². The fourth-order valence-corrected chi connectivity index (χ4v) is 3.88. The maximum absolute atomic E-state index is 12.6. The maximum atomic E-state index is 12.6. The highest BCUT2D eigenvalue weighted by Crippen LogP contribution is 2.19. The number of benzene rings is 1. The number of likely N-dealkylation sites (N-methyl/N-ethyl adjacent to an activating group) is 1. The first-order valence-corrected chi connectivity index (χ1v) is 8.63. The molecular formula is C15H27N3O2S. The molecule has 120 valence electrons. The molecule has 0 aromatic heterocycles. The summed E-state index contributed by atoms with van der Waals surface area (Å²) < 4.78 is 28.1. The molecule has 0 amide bonds. The van der Waals surface area contributed by atoms with Crippen LogP contribution in [0.15, 0.2) is 23.1 Å². The Kier molecular flexibility index (Phi) is 6.34. The lowest BCUT2D eigenvalue weighted by Crippen LogP contribution is -2.45. The van der Waals surface area contributed by atoms with E-state index in [4.69, 9.17) is 5.73 Å². The van der Waals surface area contributed by atoms with Gasteiger partial charge in [0, 0.05) is 19.1 Å². The minimum atomic E-state index is -3.55. The van der Waals surface area contributed by atoms with Crippen molar-refractivity contribution in [3.8, 4) is 0 Å². The van der Waals surface area contributed by atoms with Gasteiger partial charge in [0.15, 0.2) is 0 Å². The van der Waals surface area contributed by atoms with Gasteiger partial charge in [-0.15, -0.1) is 0 Å². The largest absolute Gasteiger partial charge is 0.326 e. The van der Waals surface area contributed by atoms with Crippen LogP contribution in [0.25, 0.3) is 0 Å². The highest BCUT2D eigenvalue weighted by atomic mass is 32.2.